The zero-order chi connectivity index (χ0) is 17.3. The third kappa shape index (κ3) is 5.01. The second-order valence-electron chi connectivity index (χ2n) is 6.69. The number of carbonyl (C=O) groups is 1. The summed E-state index contributed by atoms with van der Waals surface area (Å²) < 4.78 is 41.3. The molecule has 2 N–H and O–H groups in total. The number of amides is 1. The van der Waals surface area contributed by atoms with Crippen molar-refractivity contribution in [3.8, 4) is 5.75 Å². The third-order valence-corrected chi connectivity index (χ3v) is 4.92. The highest BCUT2D eigenvalue weighted by Gasteiger charge is 2.42. The Labute approximate surface area is 150 Å². The zero-order valence-electron chi connectivity index (χ0n) is 13.7. The van der Waals surface area contributed by atoms with Gasteiger partial charge in [-0.3, -0.25) is 4.79 Å². The van der Waals surface area contributed by atoms with Gasteiger partial charge in [0.1, 0.15) is 5.75 Å². The van der Waals surface area contributed by atoms with Crippen LogP contribution in [-0.4, -0.2) is 42.7 Å². The molecule has 140 valence electrons. The van der Waals surface area contributed by atoms with Crippen LogP contribution in [0.2, 0.25) is 0 Å². The molecule has 1 amide bonds. The summed E-state index contributed by atoms with van der Waals surface area (Å²) in [5, 5.41) is 0. The Hall–Kier alpha value is -1.47. The molecule has 3 rings (SSSR count). The monoisotopic (exact) mass is 378 g/mol. The number of halogens is 4. The van der Waals surface area contributed by atoms with E-state index in [1.165, 1.54) is 12.1 Å². The lowest BCUT2D eigenvalue weighted by molar-refractivity contribution is -0.153. The Morgan fingerprint density at radius 1 is 1.28 bits per heavy atom. The Kier molecular flexibility index (Phi) is 6.21. The van der Waals surface area contributed by atoms with Gasteiger partial charge in [-0.05, 0) is 42.4 Å². The van der Waals surface area contributed by atoms with Crippen LogP contribution in [0.3, 0.4) is 0 Å². The molecule has 1 aliphatic carbocycles. The second kappa shape index (κ2) is 7.83. The Morgan fingerprint density at radius 3 is 2.72 bits per heavy atom. The minimum Gasteiger partial charge on any atom is -0.484 e. The van der Waals surface area contributed by atoms with E-state index in [0.717, 1.165) is 19.4 Å². The topological polar surface area (TPSA) is 55.6 Å². The van der Waals surface area contributed by atoms with Gasteiger partial charge in [0.2, 0.25) is 5.91 Å². The molecule has 1 aromatic carbocycles. The van der Waals surface area contributed by atoms with E-state index in [-0.39, 0.29) is 36.5 Å². The molecule has 3 atom stereocenters. The number of rotatable bonds is 4. The summed E-state index contributed by atoms with van der Waals surface area (Å²) in [4.78, 5) is 14.3. The summed E-state index contributed by atoms with van der Waals surface area (Å²) in [6, 6.07) is 6.45. The van der Waals surface area contributed by atoms with Crippen molar-refractivity contribution in [1.29, 1.82) is 0 Å². The summed E-state index contributed by atoms with van der Waals surface area (Å²) >= 11 is 0. The Morgan fingerprint density at radius 2 is 2.04 bits per heavy atom. The lowest BCUT2D eigenvalue weighted by atomic mass is 9.98. The average molecular weight is 379 g/mol. The Bertz CT molecular complexity index is 612. The van der Waals surface area contributed by atoms with Crippen LogP contribution in [0.4, 0.5) is 13.2 Å². The Balaban J connectivity index is 0.00000225. The quantitative estimate of drug-likeness (QED) is 0.876. The van der Waals surface area contributed by atoms with E-state index in [0.29, 0.717) is 23.9 Å². The second-order valence-corrected chi connectivity index (χ2v) is 6.69. The molecule has 2 aliphatic rings. The number of nitrogens with zero attached hydrogens (tertiary/aromatic N) is 1. The molecule has 3 unspecified atom stereocenters. The molecule has 0 spiro atoms. The van der Waals surface area contributed by atoms with Gasteiger partial charge >= 0.3 is 6.18 Å². The molecule has 1 heterocycles. The molecule has 0 aromatic heterocycles. The van der Waals surface area contributed by atoms with Crippen LogP contribution in [-0.2, 0) is 11.2 Å². The van der Waals surface area contributed by atoms with E-state index in [1.54, 1.807) is 12.1 Å². The molecular formula is C17H22ClF3N2O2. The fraction of sp³-hybridized carbons (Fsp3) is 0.588. The van der Waals surface area contributed by atoms with E-state index >= 15 is 0 Å². The number of carbonyl (C=O) groups excluding carboxylic acids is 1. The van der Waals surface area contributed by atoms with Crippen molar-refractivity contribution in [2.45, 2.75) is 31.5 Å². The minimum absolute atomic E-state index is 0. The fourth-order valence-electron chi connectivity index (χ4n) is 3.71. The van der Waals surface area contributed by atoms with Crippen LogP contribution < -0.4 is 10.5 Å². The number of alkyl halides is 3. The van der Waals surface area contributed by atoms with E-state index in [1.807, 2.05) is 4.90 Å². The number of hydrogen-bond donors (Lipinski definition) is 1. The van der Waals surface area contributed by atoms with Crippen molar-refractivity contribution >= 4 is 18.3 Å². The highest BCUT2D eigenvalue weighted by molar-refractivity contribution is 5.85. The normalized spacial score (nSPS) is 25.4. The van der Waals surface area contributed by atoms with Crippen molar-refractivity contribution in [3.05, 3.63) is 29.8 Å². The van der Waals surface area contributed by atoms with Crippen LogP contribution in [0.25, 0.3) is 0 Å². The smallest absolute Gasteiger partial charge is 0.422 e. The predicted octanol–water partition coefficient (Wildman–Crippen LogP) is 2.79. The highest BCUT2D eigenvalue weighted by Crippen LogP contribution is 2.37. The first-order chi connectivity index (χ1) is 11.3. The van der Waals surface area contributed by atoms with E-state index < -0.39 is 12.8 Å². The van der Waals surface area contributed by atoms with Crippen molar-refractivity contribution < 1.29 is 22.7 Å². The number of hydrogen-bond acceptors (Lipinski definition) is 3. The molecule has 1 saturated carbocycles. The van der Waals surface area contributed by atoms with Gasteiger partial charge in [0.25, 0.3) is 0 Å². The molecule has 8 heteroatoms. The van der Waals surface area contributed by atoms with Crippen LogP contribution in [0, 0.1) is 11.8 Å². The fourth-order valence-corrected chi connectivity index (χ4v) is 3.71. The van der Waals surface area contributed by atoms with Crippen LogP contribution in [0.15, 0.2) is 24.3 Å². The first kappa shape index (κ1) is 19.8. The van der Waals surface area contributed by atoms with E-state index in [2.05, 4.69) is 0 Å². The molecule has 1 saturated heterocycles. The van der Waals surface area contributed by atoms with Crippen LogP contribution in [0.1, 0.15) is 18.4 Å². The molecule has 2 fully saturated rings. The third-order valence-electron chi connectivity index (χ3n) is 4.92. The van der Waals surface area contributed by atoms with Gasteiger partial charge in [0.05, 0.1) is 6.42 Å². The van der Waals surface area contributed by atoms with Gasteiger partial charge in [-0.2, -0.15) is 13.2 Å². The van der Waals surface area contributed by atoms with Crippen LogP contribution in [0.5, 0.6) is 5.75 Å². The van der Waals surface area contributed by atoms with E-state index in [9.17, 15) is 18.0 Å². The summed E-state index contributed by atoms with van der Waals surface area (Å²) in [6.45, 7) is 0.0914. The molecule has 0 radical (unpaired) electrons. The van der Waals surface area contributed by atoms with Crippen molar-refractivity contribution in [3.63, 3.8) is 0 Å². The van der Waals surface area contributed by atoms with Crippen molar-refractivity contribution in [2.24, 2.45) is 17.6 Å². The lowest BCUT2D eigenvalue weighted by Crippen LogP contribution is -2.34. The van der Waals surface area contributed by atoms with Crippen molar-refractivity contribution in [1.82, 2.24) is 4.90 Å². The maximum Gasteiger partial charge on any atom is 0.422 e. The number of ether oxygens (including phenoxy) is 1. The molecular weight excluding hydrogens is 357 g/mol. The number of benzene rings is 1. The first-order valence-electron chi connectivity index (χ1n) is 8.13. The van der Waals surface area contributed by atoms with Crippen LogP contribution >= 0.6 is 12.4 Å². The molecule has 1 aromatic rings. The maximum atomic E-state index is 12.4. The number of likely N-dealkylation sites (tertiary alicyclic amines) is 1. The van der Waals surface area contributed by atoms with Gasteiger partial charge in [-0.15, -0.1) is 12.4 Å². The number of fused-ring (bicyclic) bond motifs is 1. The predicted molar refractivity (Wildman–Crippen MR) is 89.7 cm³/mol. The molecule has 0 bridgehead atoms. The highest BCUT2D eigenvalue weighted by atomic mass is 35.5. The van der Waals surface area contributed by atoms with E-state index in [4.69, 9.17) is 10.5 Å². The molecule has 25 heavy (non-hydrogen) atoms. The van der Waals surface area contributed by atoms with Gasteiger partial charge < -0.3 is 15.4 Å². The average Bonchev–Trinajstić information content (AvgIpc) is 3.08. The summed E-state index contributed by atoms with van der Waals surface area (Å²) in [6.07, 6.45) is -2.12. The summed E-state index contributed by atoms with van der Waals surface area (Å²) in [5.41, 5.74) is 6.73. The zero-order valence-corrected chi connectivity index (χ0v) is 14.5. The first-order valence-corrected chi connectivity index (χ1v) is 8.13. The molecule has 4 nitrogen and oxygen atoms in total. The van der Waals surface area contributed by atoms with Gasteiger partial charge in [0.15, 0.2) is 6.61 Å². The van der Waals surface area contributed by atoms with Gasteiger partial charge in [-0.25, -0.2) is 0 Å². The number of nitrogens with two attached hydrogens (primary N) is 1. The largest absolute Gasteiger partial charge is 0.484 e. The SMILES string of the molecule is Cl.NC1CCC2CN(C(=O)Cc3cccc(OCC(F)(F)F)c3)CC12. The summed E-state index contributed by atoms with van der Waals surface area (Å²) in [5.74, 6) is 0.989. The molecule has 1 aliphatic heterocycles. The minimum atomic E-state index is -4.38. The van der Waals surface area contributed by atoms with Crippen molar-refractivity contribution in [2.75, 3.05) is 19.7 Å². The maximum absolute atomic E-state index is 12.4. The summed E-state index contributed by atoms with van der Waals surface area (Å²) in [7, 11) is 0. The standard InChI is InChI=1S/C17H21F3N2O2.ClH/c18-17(19,20)10-24-13-3-1-2-11(6-13)7-16(23)22-8-12-4-5-15(21)14(12)9-22;/h1-3,6,12,14-15H,4-5,7-10,21H2;1H. The van der Waals surface area contributed by atoms with Gasteiger partial charge in [0, 0.05) is 19.1 Å². The van der Waals surface area contributed by atoms with Gasteiger partial charge in [-0.1, -0.05) is 12.1 Å². The lowest BCUT2D eigenvalue weighted by Gasteiger charge is -2.19.